The van der Waals surface area contributed by atoms with Crippen molar-refractivity contribution in [2.45, 2.75) is 19.1 Å². The van der Waals surface area contributed by atoms with Crippen molar-refractivity contribution in [3.05, 3.63) is 52.5 Å². The second-order valence-corrected chi connectivity index (χ2v) is 5.15. The fraction of sp³-hybridized carbons (Fsp3) is 0.214. The lowest BCUT2D eigenvalue weighted by atomic mass is 10.2. The molecule has 110 valence electrons. The Bertz CT molecular complexity index is 586. The number of hydrogen-bond acceptors (Lipinski definition) is 5. The first kappa shape index (κ1) is 15.0. The summed E-state index contributed by atoms with van der Waals surface area (Å²) in [6.45, 7) is 0.129. The summed E-state index contributed by atoms with van der Waals surface area (Å²) >= 11 is 1.28. The van der Waals surface area contributed by atoms with Gasteiger partial charge in [-0.1, -0.05) is 30.3 Å². The summed E-state index contributed by atoms with van der Waals surface area (Å²) in [6, 6.07) is 8.55. The fourth-order valence-electron chi connectivity index (χ4n) is 1.69. The highest BCUT2D eigenvalue weighted by Crippen LogP contribution is 2.19. The molecule has 0 aliphatic heterocycles. The van der Waals surface area contributed by atoms with Gasteiger partial charge in [-0.25, -0.2) is 9.78 Å². The number of carbonyl (C=O) groups excluding carboxylic acids is 1. The van der Waals surface area contributed by atoms with Gasteiger partial charge in [0.25, 0.3) is 0 Å². The monoisotopic (exact) mass is 306 g/mol. The van der Waals surface area contributed by atoms with Crippen molar-refractivity contribution >= 4 is 23.4 Å². The van der Waals surface area contributed by atoms with E-state index in [0.29, 0.717) is 5.01 Å². The molecule has 0 unspecified atom stereocenters. The summed E-state index contributed by atoms with van der Waals surface area (Å²) in [4.78, 5) is 26.6. The number of carboxylic acids is 1. The molecule has 1 aromatic carbocycles. The van der Waals surface area contributed by atoms with Crippen molar-refractivity contribution in [1.82, 2.24) is 10.3 Å². The van der Waals surface area contributed by atoms with Gasteiger partial charge in [0.1, 0.15) is 11.6 Å². The highest BCUT2D eigenvalue weighted by molar-refractivity contribution is 7.09. The number of carbonyl (C=O) groups is 2. The van der Waals surface area contributed by atoms with E-state index in [2.05, 4.69) is 10.3 Å². The van der Waals surface area contributed by atoms with Gasteiger partial charge in [-0.2, -0.15) is 0 Å². The second kappa shape index (κ2) is 7.39. The van der Waals surface area contributed by atoms with Crippen molar-refractivity contribution in [1.29, 1.82) is 0 Å². The first-order chi connectivity index (χ1) is 10.1. The Morgan fingerprint density at radius 2 is 2.10 bits per heavy atom. The first-order valence-electron chi connectivity index (χ1n) is 6.23. The molecule has 1 aromatic heterocycles. The highest BCUT2D eigenvalue weighted by atomic mass is 32.1. The fourth-order valence-corrected chi connectivity index (χ4v) is 2.38. The third kappa shape index (κ3) is 4.88. The van der Waals surface area contributed by atoms with Crippen LogP contribution in [0.1, 0.15) is 23.0 Å². The van der Waals surface area contributed by atoms with E-state index in [1.165, 1.54) is 11.3 Å². The van der Waals surface area contributed by atoms with E-state index >= 15 is 0 Å². The molecule has 0 radical (unpaired) electrons. The molecule has 1 atom stereocenters. The third-order valence-corrected chi connectivity index (χ3v) is 3.52. The predicted octanol–water partition coefficient (Wildman–Crippen LogP) is 2.59. The number of carboxylic acid groups (broad SMARTS) is 1. The minimum absolute atomic E-state index is 0.129. The van der Waals surface area contributed by atoms with Gasteiger partial charge in [0.2, 0.25) is 0 Å². The van der Waals surface area contributed by atoms with Gasteiger partial charge in [-0.3, -0.25) is 4.79 Å². The molecule has 0 aliphatic rings. The van der Waals surface area contributed by atoms with Crippen LogP contribution in [0.4, 0.5) is 4.79 Å². The van der Waals surface area contributed by atoms with E-state index in [9.17, 15) is 9.59 Å². The van der Waals surface area contributed by atoms with Crippen molar-refractivity contribution in [2.24, 2.45) is 0 Å². The first-order valence-corrected chi connectivity index (χ1v) is 7.11. The second-order valence-electron chi connectivity index (χ2n) is 4.23. The number of aromatic nitrogens is 1. The minimum Gasteiger partial charge on any atom is -0.481 e. The van der Waals surface area contributed by atoms with Gasteiger partial charge in [0.15, 0.2) is 0 Å². The largest absolute Gasteiger partial charge is 0.481 e. The summed E-state index contributed by atoms with van der Waals surface area (Å²) in [7, 11) is 0. The number of nitrogens with zero attached hydrogens (tertiary/aromatic N) is 1. The molecule has 1 heterocycles. The SMILES string of the molecule is O=C(O)C[C@H](NC(=O)OCc1ccccc1)c1nccs1. The Morgan fingerprint density at radius 1 is 1.33 bits per heavy atom. The average molecular weight is 306 g/mol. The molecule has 0 saturated heterocycles. The zero-order chi connectivity index (χ0) is 15.1. The quantitative estimate of drug-likeness (QED) is 0.856. The van der Waals surface area contributed by atoms with Gasteiger partial charge in [0, 0.05) is 11.6 Å². The van der Waals surface area contributed by atoms with Gasteiger partial charge < -0.3 is 15.2 Å². The molecule has 0 bridgehead atoms. The normalized spacial score (nSPS) is 11.6. The van der Waals surface area contributed by atoms with Crippen LogP contribution < -0.4 is 5.32 Å². The minimum atomic E-state index is -1.02. The van der Waals surface area contributed by atoms with Crippen LogP contribution in [0.25, 0.3) is 0 Å². The van der Waals surface area contributed by atoms with E-state index < -0.39 is 18.1 Å². The van der Waals surface area contributed by atoms with Crippen LogP contribution in [0.15, 0.2) is 41.9 Å². The predicted molar refractivity (Wildman–Crippen MR) is 76.9 cm³/mol. The number of rotatable bonds is 6. The smallest absolute Gasteiger partial charge is 0.408 e. The molecule has 0 spiro atoms. The van der Waals surface area contributed by atoms with Crippen molar-refractivity contribution in [3.8, 4) is 0 Å². The average Bonchev–Trinajstić information content (AvgIpc) is 2.99. The van der Waals surface area contributed by atoms with Crippen molar-refractivity contribution in [2.75, 3.05) is 0 Å². The van der Waals surface area contributed by atoms with Crippen molar-refractivity contribution < 1.29 is 19.4 Å². The number of aliphatic carboxylic acids is 1. The molecule has 2 aromatic rings. The molecular formula is C14H14N2O4S. The van der Waals surface area contributed by atoms with E-state index in [0.717, 1.165) is 5.56 Å². The number of alkyl carbamates (subject to hydrolysis) is 1. The summed E-state index contributed by atoms with van der Waals surface area (Å²) in [5.41, 5.74) is 0.858. The zero-order valence-corrected chi connectivity index (χ0v) is 11.9. The molecule has 1 amide bonds. The number of benzene rings is 1. The molecule has 0 saturated carbocycles. The Balaban J connectivity index is 1.90. The standard InChI is InChI=1S/C14H14N2O4S/c17-12(18)8-11(13-15-6-7-21-13)16-14(19)20-9-10-4-2-1-3-5-10/h1-7,11H,8-9H2,(H,16,19)(H,17,18)/t11-/m0/s1. The molecule has 0 fully saturated rings. The third-order valence-electron chi connectivity index (χ3n) is 2.63. The number of hydrogen-bond donors (Lipinski definition) is 2. The van der Waals surface area contributed by atoms with E-state index in [-0.39, 0.29) is 13.0 Å². The molecule has 6 nitrogen and oxygen atoms in total. The maximum Gasteiger partial charge on any atom is 0.408 e. The van der Waals surface area contributed by atoms with Crippen LogP contribution in [-0.2, 0) is 16.1 Å². The Kier molecular flexibility index (Phi) is 5.28. The number of amides is 1. The van der Waals surface area contributed by atoms with Crippen LogP contribution in [0, 0.1) is 0 Å². The summed E-state index contributed by atoms with van der Waals surface area (Å²) < 4.78 is 5.07. The maximum absolute atomic E-state index is 11.8. The lowest BCUT2D eigenvalue weighted by Gasteiger charge is -2.14. The summed E-state index contributed by atoms with van der Waals surface area (Å²) in [6.07, 6.45) is 0.653. The summed E-state index contributed by atoms with van der Waals surface area (Å²) in [5.74, 6) is -1.02. The molecular weight excluding hydrogens is 292 g/mol. The van der Waals surface area contributed by atoms with Gasteiger partial charge >= 0.3 is 12.1 Å². The molecule has 21 heavy (non-hydrogen) atoms. The summed E-state index contributed by atoms with van der Waals surface area (Å²) in [5, 5.41) is 13.7. The Labute approximate surface area is 125 Å². The van der Waals surface area contributed by atoms with E-state index in [4.69, 9.17) is 9.84 Å². The topological polar surface area (TPSA) is 88.5 Å². The maximum atomic E-state index is 11.8. The van der Waals surface area contributed by atoms with Crippen LogP contribution >= 0.6 is 11.3 Å². The lowest BCUT2D eigenvalue weighted by Crippen LogP contribution is -2.30. The highest BCUT2D eigenvalue weighted by Gasteiger charge is 2.20. The van der Waals surface area contributed by atoms with Crippen LogP contribution in [0.3, 0.4) is 0 Å². The Morgan fingerprint density at radius 3 is 2.71 bits per heavy atom. The van der Waals surface area contributed by atoms with Crippen LogP contribution in [-0.4, -0.2) is 22.2 Å². The number of thiazole rings is 1. The van der Waals surface area contributed by atoms with Gasteiger partial charge in [0.05, 0.1) is 12.5 Å². The van der Waals surface area contributed by atoms with Gasteiger partial charge in [-0.15, -0.1) is 11.3 Å². The molecule has 0 aliphatic carbocycles. The molecule has 7 heteroatoms. The number of ether oxygens (including phenoxy) is 1. The van der Waals surface area contributed by atoms with Crippen molar-refractivity contribution in [3.63, 3.8) is 0 Å². The van der Waals surface area contributed by atoms with Crippen LogP contribution in [0.5, 0.6) is 0 Å². The van der Waals surface area contributed by atoms with E-state index in [1.54, 1.807) is 11.6 Å². The number of nitrogens with one attached hydrogen (secondary N) is 1. The molecule has 2 N–H and O–H groups in total. The Hall–Kier alpha value is -2.41. The van der Waals surface area contributed by atoms with Gasteiger partial charge in [-0.05, 0) is 5.56 Å². The van der Waals surface area contributed by atoms with Crippen LogP contribution in [0.2, 0.25) is 0 Å². The lowest BCUT2D eigenvalue weighted by molar-refractivity contribution is -0.137. The van der Waals surface area contributed by atoms with E-state index in [1.807, 2.05) is 30.3 Å². The molecule has 2 rings (SSSR count). The zero-order valence-electron chi connectivity index (χ0n) is 11.1.